The van der Waals surface area contributed by atoms with Crippen LogP contribution in [0.25, 0.3) is 0 Å². The van der Waals surface area contributed by atoms with Crippen LogP contribution in [-0.4, -0.2) is 35.9 Å². The SMILES string of the molecule is COC(OC)c1ccccc1C(O)C(O)CCBr. The van der Waals surface area contributed by atoms with Gasteiger partial charge < -0.3 is 19.7 Å². The third kappa shape index (κ3) is 3.76. The number of benzene rings is 1. The van der Waals surface area contributed by atoms with Crippen LogP contribution in [0.2, 0.25) is 0 Å². The first-order valence-corrected chi connectivity index (χ1v) is 6.84. The summed E-state index contributed by atoms with van der Waals surface area (Å²) in [7, 11) is 3.07. The van der Waals surface area contributed by atoms with Gasteiger partial charge in [0.15, 0.2) is 6.29 Å². The number of methoxy groups -OCH3 is 2. The number of rotatable bonds is 7. The Morgan fingerprint density at radius 1 is 1.11 bits per heavy atom. The molecule has 0 saturated heterocycles. The molecule has 0 heterocycles. The van der Waals surface area contributed by atoms with Gasteiger partial charge in [-0.2, -0.15) is 0 Å². The van der Waals surface area contributed by atoms with E-state index >= 15 is 0 Å². The minimum Gasteiger partial charge on any atom is -0.390 e. The number of aliphatic hydroxyl groups excluding tert-OH is 2. The molecular formula is C13H19BrO4. The van der Waals surface area contributed by atoms with E-state index in [9.17, 15) is 10.2 Å². The van der Waals surface area contributed by atoms with Crippen LogP contribution in [0.5, 0.6) is 0 Å². The molecule has 2 atom stereocenters. The average Bonchev–Trinajstić information content (AvgIpc) is 2.40. The molecule has 0 aliphatic rings. The van der Waals surface area contributed by atoms with E-state index in [1.165, 1.54) is 14.2 Å². The van der Waals surface area contributed by atoms with Crippen LogP contribution in [0.1, 0.15) is 29.9 Å². The van der Waals surface area contributed by atoms with Crippen LogP contribution in [0.4, 0.5) is 0 Å². The van der Waals surface area contributed by atoms with Crippen molar-refractivity contribution in [1.29, 1.82) is 0 Å². The van der Waals surface area contributed by atoms with Crippen LogP contribution in [0.3, 0.4) is 0 Å². The van der Waals surface area contributed by atoms with Crippen molar-refractivity contribution >= 4 is 15.9 Å². The fraction of sp³-hybridized carbons (Fsp3) is 0.538. The Kier molecular flexibility index (Phi) is 6.81. The first kappa shape index (κ1) is 15.6. The molecule has 0 radical (unpaired) electrons. The number of halogens is 1. The smallest absolute Gasteiger partial charge is 0.183 e. The largest absolute Gasteiger partial charge is 0.390 e. The van der Waals surface area contributed by atoms with Gasteiger partial charge in [0.05, 0.1) is 6.10 Å². The highest BCUT2D eigenvalue weighted by Crippen LogP contribution is 2.29. The number of ether oxygens (including phenoxy) is 2. The Bertz CT molecular complexity index is 355. The van der Waals surface area contributed by atoms with E-state index in [0.717, 1.165) is 5.56 Å². The summed E-state index contributed by atoms with van der Waals surface area (Å²) < 4.78 is 10.4. The lowest BCUT2D eigenvalue weighted by molar-refractivity contribution is -0.108. The number of hydrogen-bond donors (Lipinski definition) is 2. The minimum absolute atomic E-state index is 0.472. The fourth-order valence-electron chi connectivity index (χ4n) is 1.82. The second-order valence-electron chi connectivity index (χ2n) is 3.92. The topological polar surface area (TPSA) is 58.9 Å². The van der Waals surface area contributed by atoms with Crippen molar-refractivity contribution in [2.75, 3.05) is 19.5 Å². The maximum absolute atomic E-state index is 10.2. The molecule has 4 nitrogen and oxygen atoms in total. The van der Waals surface area contributed by atoms with Crippen molar-refractivity contribution in [3.63, 3.8) is 0 Å². The molecule has 0 bridgehead atoms. The molecule has 0 fully saturated rings. The molecule has 0 spiro atoms. The van der Waals surface area contributed by atoms with Gasteiger partial charge in [-0.3, -0.25) is 0 Å². The molecule has 1 aromatic rings. The molecule has 2 unspecified atom stereocenters. The summed E-state index contributed by atoms with van der Waals surface area (Å²) in [6.45, 7) is 0. The van der Waals surface area contributed by atoms with E-state index in [4.69, 9.17) is 9.47 Å². The average molecular weight is 319 g/mol. The molecule has 0 saturated carbocycles. The molecular weight excluding hydrogens is 300 g/mol. The maximum atomic E-state index is 10.2. The zero-order valence-corrected chi connectivity index (χ0v) is 12.1. The van der Waals surface area contributed by atoms with Crippen molar-refractivity contribution < 1.29 is 19.7 Å². The number of alkyl halides is 1. The predicted octanol–water partition coefficient (Wildman–Crippen LogP) is 2.16. The Morgan fingerprint density at radius 3 is 2.17 bits per heavy atom. The van der Waals surface area contributed by atoms with E-state index in [1.54, 1.807) is 6.07 Å². The zero-order chi connectivity index (χ0) is 13.5. The molecule has 0 aliphatic carbocycles. The molecule has 0 aromatic heterocycles. The van der Waals surface area contributed by atoms with Gasteiger partial charge in [-0.05, 0) is 12.0 Å². The van der Waals surface area contributed by atoms with Crippen molar-refractivity contribution in [3.8, 4) is 0 Å². The van der Waals surface area contributed by atoms with Crippen LogP contribution in [0.15, 0.2) is 24.3 Å². The molecule has 18 heavy (non-hydrogen) atoms. The lowest BCUT2D eigenvalue weighted by Crippen LogP contribution is -2.21. The van der Waals surface area contributed by atoms with Crippen molar-refractivity contribution in [3.05, 3.63) is 35.4 Å². The van der Waals surface area contributed by atoms with E-state index in [1.807, 2.05) is 18.2 Å². The zero-order valence-electron chi connectivity index (χ0n) is 10.5. The molecule has 5 heteroatoms. The van der Waals surface area contributed by atoms with Gasteiger partial charge in [0.1, 0.15) is 6.10 Å². The molecule has 1 rings (SSSR count). The number of aliphatic hydroxyl groups is 2. The molecule has 2 N–H and O–H groups in total. The summed E-state index contributed by atoms with van der Waals surface area (Å²) in [6, 6.07) is 7.23. The van der Waals surface area contributed by atoms with Crippen LogP contribution < -0.4 is 0 Å². The minimum atomic E-state index is -0.952. The summed E-state index contributed by atoms with van der Waals surface area (Å²) in [5.41, 5.74) is 1.35. The van der Waals surface area contributed by atoms with E-state index in [0.29, 0.717) is 17.3 Å². The first-order valence-electron chi connectivity index (χ1n) is 5.72. The summed E-state index contributed by atoms with van der Waals surface area (Å²) in [4.78, 5) is 0. The highest BCUT2D eigenvalue weighted by molar-refractivity contribution is 9.09. The first-order chi connectivity index (χ1) is 8.65. The van der Waals surface area contributed by atoms with Crippen LogP contribution in [0, 0.1) is 0 Å². The van der Waals surface area contributed by atoms with Gasteiger partial charge in [-0.1, -0.05) is 40.2 Å². The second-order valence-corrected chi connectivity index (χ2v) is 4.72. The van der Waals surface area contributed by atoms with E-state index in [-0.39, 0.29) is 0 Å². The Labute approximate surface area is 116 Å². The summed E-state index contributed by atoms with van der Waals surface area (Å²) in [5, 5.41) is 20.7. The summed E-state index contributed by atoms with van der Waals surface area (Å²) in [5.74, 6) is 0. The molecule has 0 aliphatic heterocycles. The normalized spacial score (nSPS) is 14.8. The fourth-order valence-corrected chi connectivity index (χ4v) is 2.29. The Hall–Kier alpha value is -0.460. The van der Waals surface area contributed by atoms with E-state index < -0.39 is 18.5 Å². The van der Waals surface area contributed by atoms with Crippen molar-refractivity contribution in [2.24, 2.45) is 0 Å². The summed E-state index contributed by atoms with van der Waals surface area (Å²) >= 11 is 3.25. The third-order valence-corrected chi connectivity index (χ3v) is 3.22. The van der Waals surface area contributed by atoms with Gasteiger partial charge >= 0.3 is 0 Å². The van der Waals surface area contributed by atoms with Crippen LogP contribution >= 0.6 is 15.9 Å². The van der Waals surface area contributed by atoms with Crippen molar-refractivity contribution in [2.45, 2.75) is 24.9 Å². The van der Waals surface area contributed by atoms with E-state index in [2.05, 4.69) is 15.9 Å². The maximum Gasteiger partial charge on any atom is 0.183 e. The molecule has 1 aromatic carbocycles. The Balaban J connectivity index is 3.00. The van der Waals surface area contributed by atoms with Gasteiger partial charge in [-0.25, -0.2) is 0 Å². The molecule has 0 amide bonds. The Morgan fingerprint density at radius 2 is 1.67 bits per heavy atom. The number of hydrogen-bond acceptors (Lipinski definition) is 4. The lowest BCUT2D eigenvalue weighted by Gasteiger charge is -2.23. The standard InChI is InChI=1S/C13H19BrO4/c1-17-13(18-2)10-6-4-3-5-9(10)12(16)11(15)7-8-14/h3-6,11-13,15-16H,7-8H2,1-2H3. The van der Waals surface area contributed by atoms with Gasteiger partial charge in [0, 0.05) is 25.1 Å². The quantitative estimate of drug-likeness (QED) is 0.597. The summed E-state index contributed by atoms with van der Waals surface area (Å²) in [6.07, 6.45) is -1.85. The highest BCUT2D eigenvalue weighted by Gasteiger charge is 2.23. The van der Waals surface area contributed by atoms with Gasteiger partial charge in [0.25, 0.3) is 0 Å². The second kappa shape index (κ2) is 7.86. The third-order valence-electron chi connectivity index (χ3n) is 2.77. The van der Waals surface area contributed by atoms with Gasteiger partial charge in [-0.15, -0.1) is 0 Å². The van der Waals surface area contributed by atoms with Gasteiger partial charge in [0.2, 0.25) is 0 Å². The van der Waals surface area contributed by atoms with Crippen LogP contribution in [-0.2, 0) is 9.47 Å². The molecule has 102 valence electrons. The lowest BCUT2D eigenvalue weighted by atomic mass is 9.97. The monoisotopic (exact) mass is 318 g/mol. The predicted molar refractivity (Wildman–Crippen MR) is 72.6 cm³/mol. The van der Waals surface area contributed by atoms with Crippen molar-refractivity contribution in [1.82, 2.24) is 0 Å². The highest BCUT2D eigenvalue weighted by atomic mass is 79.9.